The summed E-state index contributed by atoms with van der Waals surface area (Å²) in [6, 6.07) is 16.3. The minimum absolute atomic E-state index is 0.346. The third-order valence-electron chi connectivity index (χ3n) is 3.10. The molecule has 0 bridgehead atoms. The maximum atomic E-state index is 10.5. The zero-order valence-electron chi connectivity index (χ0n) is 11.1. The van der Waals surface area contributed by atoms with Crippen molar-refractivity contribution in [2.24, 2.45) is 0 Å². The topological polar surface area (TPSA) is 56.0 Å². The predicted octanol–water partition coefficient (Wildman–Crippen LogP) is 3.53. The van der Waals surface area contributed by atoms with E-state index in [-0.39, 0.29) is 0 Å². The van der Waals surface area contributed by atoms with Crippen molar-refractivity contribution in [2.75, 3.05) is 11.9 Å². The Labute approximate surface area is 123 Å². The highest BCUT2D eigenvalue weighted by Gasteiger charge is 2.22. The number of benzene rings is 2. The number of nitrogens with one attached hydrogen (secondary N) is 1. The minimum atomic E-state index is -1.03. The van der Waals surface area contributed by atoms with Crippen LogP contribution in [0.3, 0.4) is 0 Å². The molecule has 0 aliphatic heterocycles. The molecule has 1 unspecified atom stereocenters. The van der Waals surface area contributed by atoms with Gasteiger partial charge in [0.05, 0.1) is 11.6 Å². The van der Waals surface area contributed by atoms with E-state index in [1.807, 2.05) is 24.3 Å². The fourth-order valence-electron chi connectivity index (χ4n) is 1.86. The van der Waals surface area contributed by atoms with Crippen LogP contribution in [-0.2, 0) is 5.60 Å². The molecule has 4 heteroatoms. The molecule has 0 spiro atoms. The van der Waals surface area contributed by atoms with E-state index < -0.39 is 5.60 Å². The summed E-state index contributed by atoms with van der Waals surface area (Å²) in [6.07, 6.45) is 0. The first-order valence-electron chi connectivity index (χ1n) is 6.24. The van der Waals surface area contributed by atoms with Gasteiger partial charge in [0.2, 0.25) is 0 Å². The maximum Gasteiger partial charge on any atom is 0.104 e. The lowest BCUT2D eigenvalue weighted by molar-refractivity contribution is 0.0715. The van der Waals surface area contributed by atoms with Crippen LogP contribution >= 0.6 is 11.6 Å². The van der Waals surface area contributed by atoms with E-state index in [0.717, 1.165) is 11.3 Å². The second kappa shape index (κ2) is 5.96. The second-order valence-corrected chi connectivity index (χ2v) is 5.26. The molecular weight excluding hydrogens is 272 g/mol. The summed E-state index contributed by atoms with van der Waals surface area (Å²) in [6.45, 7) is 2.08. The summed E-state index contributed by atoms with van der Waals surface area (Å²) in [7, 11) is 0. The van der Waals surface area contributed by atoms with Crippen molar-refractivity contribution in [3.63, 3.8) is 0 Å². The SMILES string of the molecule is CC(O)(CNc1ccc(C#N)cc1)c1cccc(Cl)c1. The van der Waals surface area contributed by atoms with Gasteiger partial charge < -0.3 is 10.4 Å². The van der Waals surface area contributed by atoms with E-state index in [1.54, 1.807) is 31.2 Å². The van der Waals surface area contributed by atoms with Gasteiger partial charge in [-0.15, -0.1) is 0 Å². The molecule has 0 saturated carbocycles. The lowest BCUT2D eigenvalue weighted by Crippen LogP contribution is -2.30. The van der Waals surface area contributed by atoms with Crippen molar-refractivity contribution in [3.8, 4) is 6.07 Å². The van der Waals surface area contributed by atoms with E-state index >= 15 is 0 Å². The Morgan fingerprint density at radius 3 is 2.55 bits per heavy atom. The Bertz CT molecular complexity index is 630. The van der Waals surface area contributed by atoms with Gasteiger partial charge in [-0.2, -0.15) is 5.26 Å². The number of rotatable bonds is 4. The van der Waals surface area contributed by atoms with Gasteiger partial charge in [0, 0.05) is 17.3 Å². The minimum Gasteiger partial charge on any atom is -0.384 e. The number of aliphatic hydroxyl groups is 1. The van der Waals surface area contributed by atoms with Crippen molar-refractivity contribution in [2.45, 2.75) is 12.5 Å². The lowest BCUT2D eigenvalue weighted by Gasteiger charge is -2.25. The number of nitrogens with zero attached hydrogens (tertiary/aromatic N) is 1. The zero-order chi connectivity index (χ0) is 14.6. The van der Waals surface area contributed by atoms with E-state index in [9.17, 15) is 5.11 Å². The van der Waals surface area contributed by atoms with Crippen LogP contribution in [0.4, 0.5) is 5.69 Å². The Kier molecular flexibility index (Phi) is 4.29. The highest BCUT2D eigenvalue weighted by molar-refractivity contribution is 6.30. The van der Waals surface area contributed by atoms with Gasteiger partial charge in [-0.05, 0) is 48.9 Å². The highest BCUT2D eigenvalue weighted by Crippen LogP contribution is 2.24. The maximum absolute atomic E-state index is 10.5. The van der Waals surface area contributed by atoms with Crippen LogP contribution in [-0.4, -0.2) is 11.7 Å². The molecule has 102 valence electrons. The first-order valence-corrected chi connectivity index (χ1v) is 6.61. The molecule has 0 aliphatic rings. The normalized spacial score (nSPS) is 13.3. The van der Waals surface area contributed by atoms with Crippen molar-refractivity contribution in [1.29, 1.82) is 5.26 Å². The predicted molar refractivity (Wildman–Crippen MR) is 80.7 cm³/mol. The molecular formula is C16H15ClN2O. The number of hydrogen-bond acceptors (Lipinski definition) is 3. The molecule has 20 heavy (non-hydrogen) atoms. The van der Waals surface area contributed by atoms with Gasteiger partial charge in [0.1, 0.15) is 5.60 Å². The number of nitriles is 1. The smallest absolute Gasteiger partial charge is 0.104 e. The second-order valence-electron chi connectivity index (χ2n) is 4.83. The molecule has 0 aromatic heterocycles. The molecule has 0 saturated heterocycles. The summed E-state index contributed by atoms with van der Waals surface area (Å²) in [5.74, 6) is 0. The molecule has 0 amide bonds. The van der Waals surface area contributed by atoms with Crippen molar-refractivity contribution in [1.82, 2.24) is 0 Å². The van der Waals surface area contributed by atoms with Crippen LogP contribution in [0.15, 0.2) is 48.5 Å². The molecule has 2 aromatic rings. The van der Waals surface area contributed by atoms with Crippen molar-refractivity contribution in [3.05, 3.63) is 64.7 Å². The molecule has 1 atom stereocenters. The number of hydrogen-bond donors (Lipinski definition) is 2. The van der Waals surface area contributed by atoms with Crippen molar-refractivity contribution < 1.29 is 5.11 Å². The number of anilines is 1. The fraction of sp³-hybridized carbons (Fsp3) is 0.188. The first-order chi connectivity index (χ1) is 9.51. The van der Waals surface area contributed by atoms with Crippen LogP contribution < -0.4 is 5.32 Å². The summed E-state index contributed by atoms with van der Waals surface area (Å²) < 4.78 is 0. The summed E-state index contributed by atoms with van der Waals surface area (Å²) in [4.78, 5) is 0. The summed E-state index contributed by atoms with van der Waals surface area (Å²) in [5.41, 5.74) is 1.19. The first kappa shape index (κ1) is 14.4. The van der Waals surface area contributed by atoms with E-state index in [2.05, 4.69) is 11.4 Å². The average Bonchev–Trinajstić information content (AvgIpc) is 2.46. The number of halogens is 1. The van der Waals surface area contributed by atoms with Crippen LogP contribution in [0, 0.1) is 11.3 Å². The molecule has 0 radical (unpaired) electrons. The fourth-order valence-corrected chi connectivity index (χ4v) is 2.05. The third-order valence-corrected chi connectivity index (χ3v) is 3.33. The van der Waals surface area contributed by atoms with Crippen LogP contribution in [0.25, 0.3) is 0 Å². The largest absolute Gasteiger partial charge is 0.384 e. The lowest BCUT2D eigenvalue weighted by atomic mass is 9.96. The van der Waals surface area contributed by atoms with Crippen LogP contribution in [0.2, 0.25) is 5.02 Å². The molecule has 3 nitrogen and oxygen atoms in total. The Morgan fingerprint density at radius 2 is 1.95 bits per heavy atom. The molecule has 0 heterocycles. The zero-order valence-corrected chi connectivity index (χ0v) is 11.9. The average molecular weight is 287 g/mol. The quantitative estimate of drug-likeness (QED) is 0.904. The van der Waals surface area contributed by atoms with Gasteiger partial charge in [-0.3, -0.25) is 0 Å². The summed E-state index contributed by atoms with van der Waals surface area (Å²) in [5, 5.41) is 23.0. The summed E-state index contributed by atoms with van der Waals surface area (Å²) >= 11 is 5.94. The highest BCUT2D eigenvalue weighted by atomic mass is 35.5. The van der Waals surface area contributed by atoms with Gasteiger partial charge in [0.15, 0.2) is 0 Å². The third kappa shape index (κ3) is 3.51. The molecule has 0 fully saturated rings. The van der Waals surface area contributed by atoms with Crippen molar-refractivity contribution >= 4 is 17.3 Å². The van der Waals surface area contributed by atoms with Gasteiger partial charge in [-0.1, -0.05) is 23.7 Å². The Balaban J connectivity index is 2.06. The Morgan fingerprint density at radius 1 is 1.25 bits per heavy atom. The Hall–Kier alpha value is -2.02. The van der Waals surface area contributed by atoms with Gasteiger partial charge >= 0.3 is 0 Å². The van der Waals surface area contributed by atoms with Gasteiger partial charge in [-0.25, -0.2) is 0 Å². The van der Waals surface area contributed by atoms with Gasteiger partial charge in [0.25, 0.3) is 0 Å². The standard InChI is InChI=1S/C16H15ClN2O/c1-16(20,13-3-2-4-14(17)9-13)11-19-15-7-5-12(10-18)6-8-15/h2-9,19-20H,11H2,1H3. The van der Waals surface area contributed by atoms with E-state index in [1.165, 1.54) is 0 Å². The van der Waals surface area contributed by atoms with Crippen LogP contribution in [0.1, 0.15) is 18.1 Å². The molecule has 0 aliphatic carbocycles. The van der Waals surface area contributed by atoms with Crippen LogP contribution in [0.5, 0.6) is 0 Å². The molecule has 2 aromatic carbocycles. The monoisotopic (exact) mass is 286 g/mol. The molecule has 2 N–H and O–H groups in total. The molecule has 2 rings (SSSR count). The van der Waals surface area contributed by atoms with E-state index in [4.69, 9.17) is 16.9 Å². The van der Waals surface area contributed by atoms with E-state index in [0.29, 0.717) is 17.1 Å².